The molecule has 23 heavy (non-hydrogen) atoms. The molecule has 1 unspecified atom stereocenters. The Balaban J connectivity index is 2.47. The zero-order valence-electron chi connectivity index (χ0n) is 14.1. The van der Waals surface area contributed by atoms with Gasteiger partial charge in [-0.25, -0.2) is 4.79 Å². The van der Waals surface area contributed by atoms with Crippen LogP contribution < -0.4 is 0 Å². The predicted molar refractivity (Wildman–Crippen MR) is 89.6 cm³/mol. The molecular weight excluding hydrogens is 343 g/mol. The first-order valence-corrected chi connectivity index (χ1v) is 9.69. The fourth-order valence-electron chi connectivity index (χ4n) is 2.19. The second-order valence-corrected chi connectivity index (χ2v) is 8.46. The van der Waals surface area contributed by atoms with Crippen molar-refractivity contribution in [2.24, 2.45) is 0 Å². The summed E-state index contributed by atoms with van der Waals surface area (Å²) in [7, 11) is -1.46. The lowest BCUT2D eigenvalue weighted by Crippen LogP contribution is -2.52. The SMILES string of the molecule is CC(C)(C)OC(=O)N1CCN(C[C@@H](COP)OS(C)(=O)=O)CC1. The van der Waals surface area contributed by atoms with Gasteiger partial charge < -0.3 is 14.2 Å². The molecule has 0 bridgehead atoms. The first-order chi connectivity index (χ1) is 10.5. The molecule has 0 aromatic heterocycles. The van der Waals surface area contributed by atoms with E-state index in [0.717, 1.165) is 6.26 Å². The Morgan fingerprint density at radius 3 is 2.22 bits per heavy atom. The predicted octanol–water partition coefficient (Wildman–Crippen LogP) is 0.691. The average Bonchev–Trinajstić information content (AvgIpc) is 2.35. The summed E-state index contributed by atoms with van der Waals surface area (Å²) in [5.41, 5.74) is -0.515. The van der Waals surface area contributed by atoms with Gasteiger partial charge in [0.2, 0.25) is 0 Å². The maximum atomic E-state index is 12.0. The molecule has 10 heteroatoms. The molecule has 1 aliphatic heterocycles. The molecule has 0 aliphatic carbocycles. The maximum absolute atomic E-state index is 12.0. The number of ether oxygens (including phenoxy) is 1. The number of rotatable bonds is 6. The van der Waals surface area contributed by atoms with Gasteiger partial charge in [0.25, 0.3) is 10.1 Å². The molecule has 2 atom stereocenters. The molecule has 0 saturated carbocycles. The summed E-state index contributed by atoms with van der Waals surface area (Å²) in [4.78, 5) is 15.7. The molecule has 1 rings (SSSR count). The third kappa shape index (κ3) is 8.81. The largest absolute Gasteiger partial charge is 0.444 e. The van der Waals surface area contributed by atoms with Crippen LogP contribution in [0.3, 0.4) is 0 Å². The van der Waals surface area contributed by atoms with E-state index in [-0.39, 0.29) is 12.7 Å². The average molecular weight is 370 g/mol. The molecule has 0 spiro atoms. The van der Waals surface area contributed by atoms with Gasteiger partial charge >= 0.3 is 6.09 Å². The summed E-state index contributed by atoms with van der Waals surface area (Å²) < 4.78 is 37.8. The third-order valence-electron chi connectivity index (χ3n) is 3.08. The Hall–Kier alpha value is -0.470. The van der Waals surface area contributed by atoms with Crippen molar-refractivity contribution in [2.45, 2.75) is 32.5 Å². The van der Waals surface area contributed by atoms with Crippen LogP contribution in [0.2, 0.25) is 0 Å². The first-order valence-electron chi connectivity index (χ1n) is 7.40. The lowest BCUT2D eigenvalue weighted by Gasteiger charge is -2.36. The van der Waals surface area contributed by atoms with Crippen LogP contribution in [0.5, 0.6) is 0 Å². The van der Waals surface area contributed by atoms with Crippen LogP contribution in [0.1, 0.15) is 20.8 Å². The van der Waals surface area contributed by atoms with E-state index in [0.29, 0.717) is 32.7 Å². The summed E-state index contributed by atoms with van der Waals surface area (Å²) in [5.74, 6) is 0. The van der Waals surface area contributed by atoms with Crippen molar-refractivity contribution in [2.75, 3.05) is 45.6 Å². The molecule has 0 N–H and O–H groups in total. The van der Waals surface area contributed by atoms with Crippen LogP contribution in [-0.4, -0.2) is 81.6 Å². The van der Waals surface area contributed by atoms with Gasteiger partial charge in [0.1, 0.15) is 11.7 Å². The van der Waals surface area contributed by atoms with Crippen LogP contribution in [0.15, 0.2) is 0 Å². The zero-order chi connectivity index (χ0) is 17.7. The highest BCUT2D eigenvalue weighted by atomic mass is 32.2. The Bertz CT molecular complexity index is 485. The quantitative estimate of drug-likeness (QED) is 0.502. The molecule has 0 aromatic carbocycles. The lowest BCUT2D eigenvalue weighted by atomic mass is 10.2. The zero-order valence-corrected chi connectivity index (χ0v) is 16.1. The van der Waals surface area contributed by atoms with E-state index in [1.54, 1.807) is 4.90 Å². The normalized spacial score (nSPS) is 18.7. The standard InChI is InChI=1S/C13H27N2O6PS/c1-13(2,3)20-12(16)15-7-5-14(6-8-15)9-11(10-19-22)21-23(4,17)18/h11H,5-10,22H2,1-4H3/t11-/m0/s1. The topological polar surface area (TPSA) is 85.4 Å². The van der Waals surface area contributed by atoms with Crippen molar-refractivity contribution in [1.82, 2.24) is 9.80 Å². The molecule has 0 aromatic rings. The van der Waals surface area contributed by atoms with Gasteiger partial charge in [-0.2, -0.15) is 8.42 Å². The molecule has 0 radical (unpaired) electrons. The van der Waals surface area contributed by atoms with Gasteiger partial charge in [0.05, 0.1) is 12.9 Å². The molecule has 1 aliphatic rings. The minimum absolute atomic E-state index is 0.157. The Labute approximate surface area is 140 Å². The fourth-order valence-corrected chi connectivity index (χ4v) is 3.02. The van der Waals surface area contributed by atoms with Gasteiger partial charge in [-0.3, -0.25) is 9.08 Å². The van der Waals surface area contributed by atoms with E-state index >= 15 is 0 Å². The summed E-state index contributed by atoms with van der Waals surface area (Å²) in [6.07, 6.45) is 0.119. The van der Waals surface area contributed by atoms with E-state index in [1.807, 2.05) is 25.7 Å². The van der Waals surface area contributed by atoms with Crippen LogP contribution >= 0.6 is 9.47 Å². The minimum atomic E-state index is -3.54. The van der Waals surface area contributed by atoms with E-state index in [1.165, 1.54) is 0 Å². The first kappa shape index (κ1) is 20.6. The van der Waals surface area contributed by atoms with Gasteiger partial charge in [-0.1, -0.05) is 0 Å². The molecule has 1 saturated heterocycles. The third-order valence-corrected chi connectivity index (χ3v) is 3.89. The highest BCUT2D eigenvalue weighted by Crippen LogP contribution is 2.13. The van der Waals surface area contributed by atoms with Gasteiger partial charge in [0, 0.05) is 42.2 Å². The summed E-state index contributed by atoms with van der Waals surface area (Å²) in [6.45, 7) is 8.38. The summed E-state index contributed by atoms with van der Waals surface area (Å²) in [6, 6.07) is 0. The van der Waals surface area contributed by atoms with Gasteiger partial charge in [-0.05, 0) is 20.8 Å². The maximum Gasteiger partial charge on any atom is 0.410 e. The van der Waals surface area contributed by atoms with E-state index in [4.69, 9.17) is 13.4 Å². The van der Waals surface area contributed by atoms with Crippen molar-refractivity contribution in [1.29, 1.82) is 0 Å². The van der Waals surface area contributed by atoms with Crippen molar-refractivity contribution in [3.63, 3.8) is 0 Å². The highest BCUT2D eigenvalue weighted by Gasteiger charge is 2.27. The van der Waals surface area contributed by atoms with Crippen LogP contribution in [0, 0.1) is 0 Å². The lowest BCUT2D eigenvalue weighted by molar-refractivity contribution is 0.00998. The summed E-state index contributed by atoms with van der Waals surface area (Å²) >= 11 is 0. The smallest absolute Gasteiger partial charge is 0.410 e. The Kier molecular flexibility index (Phi) is 7.67. The van der Waals surface area contributed by atoms with Crippen molar-refractivity contribution in [3.8, 4) is 0 Å². The number of piperazine rings is 1. The molecule has 8 nitrogen and oxygen atoms in total. The Morgan fingerprint density at radius 1 is 1.22 bits per heavy atom. The second kappa shape index (κ2) is 8.58. The Morgan fingerprint density at radius 2 is 1.78 bits per heavy atom. The number of nitrogens with zero attached hydrogens (tertiary/aromatic N) is 2. The number of hydrogen-bond acceptors (Lipinski definition) is 7. The van der Waals surface area contributed by atoms with Crippen molar-refractivity contribution < 1.29 is 26.7 Å². The fraction of sp³-hybridized carbons (Fsp3) is 0.923. The van der Waals surface area contributed by atoms with Crippen LogP contribution in [0.4, 0.5) is 4.79 Å². The van der Waals surface area contributed by atoms with Crippen molar-refractivity contribution in [3.05, 3.63) is 0 Å². The van der Waals surface area contributed by atoms with Crippen LogP contribution in [-0.2, 0) is 23.6 Å². The van der Waals surface area contributed by atoms with E-state index < -0.39 is 21.8 Å². The highest BCUT2D eigenvalue weighted by molar-refractivity contribution is 7.86. The molecule has 1 fully saturated rings. The van der Waals surface area contributed by atoms with Gasteiger partial charge in [-0.15, -0.1) is 0 Å². The van der Waals surface area contributed by atoms with Gasteiger partial charge in [0.15, 0.2) is 0 Å². The second-order valence-electron chi connectivity index (χ2n) is 6.52. The number of amides is 1. The monoisotopic (exact) mass is 370 g/mol. The van der Waals surface area contributed by atoms with Crippen molar-refractivity contribution >= 4 is 25.7 Å². The molecule has 136 valence electrons. The number of hydrogen-bond donors (Lipinski definition) is 0. The van der Waals surface area contributed by atoms with E-state index in [2.05, 4.69) is 9.47 Å². The molecular formula is C13H27N2O6PS. The van der Waals surface area contributed by atoms with Crippen LogP contribution in [0.25, 0.3) is 0 Å². The molecule has 1 heterocycles. The van der Waals surface area contributed by atoms with E-state index in [9.17, 15) is 13.2 Å². The molecule has 1 amide bonds. The summed E-state index contributed by atoms with van der Waals surface area (Å²) in [5, 5.41) is 0. The minimum Gasteiger partial charge on any atom is -0.444 e. The number of carbonyl (C=O) groups excluding carboxylic acids is 1. The number of carbonyl (C=O) groups is 1.